The lowest BCUT2D eigenvalue weighted by Gasteiger charge is -2.20. The van der Waals surface area contributed by atoms with Crippen LogP contribution in [-0.4, -0.2) is 47.4 Å². The van der Waals surface area contributed by atoms with Crippen molar-refractivity contribution in [3.8, 4) is 0 Å². The molecule has 0 aromatic carbocycles. The molecule has 0 spiro atoms. The third-order valence-corrected chi connectivity index (χ3v) is 20.3. The third-order valence-electron chi connectivity index (χ3n) is 20.3. The zero-order valence-electron chi connectivity index (χ0n) is 62.4. The smallest absolute Gasteiger partial charge is 0.305 e. The lowest BCUT2D eigenvalue weighted by atomic mass is 10.0. The Morgan fingerprint density at radius 2 is 0.505 bits per heavy atom. The molecule has 1 amide bonds. The van der Waals surface area contributed by atoms with E-state index in [1.54, 1.807) is 6.08 Å². The second kappa shape index (κ2) is 81.0. The summed E-state index contributed by atoms with van der Waals surface area (Å²) in [6.45, 7) is 4.97. The van der Waals surface area contributed by atoms with E-state index in [2.05, 4.69) is 19.2 Å². The van der Waals surface area contributed by atoms with E-state index in [1.807, 2.05) is 6.08 Å². The van der Waals surface area contributed by atoms with Crippen LogP contribution in [0.2, 0.25) is 0 Å². The van der Waals surface area contributed by atoms with Gasteiger partial charge in [0.05, 0.1) is 25.4 Å². The van der Waals surface area contributed by atoms with Crippen molar-refractivity contribution in [2.75, 3.05) is 13.2 Å². The molecule has 6 heteroatoms. The normalized spacial score (nSPS) is 12.4. The van der Waals surface area contributed by atoms with Crippen molar-refractivity contribution in [1.82, 2.24) is 5.32 Å². The van der Waals surface area contributed by atoms with Gasteiger partial charge in [-0.2, -0.15) is 0 Å². The van der Waals surface area contributed by atoms with Crippen LogP contribution in [0.1, 0.15) is 495 Å². The Bertz CT molecular complexity index is 1380. The van der Waals surface area contributed by atoms with Crippen molar-refractivity contribution in [2.24, 2.45) is 0 Å². The molecule has 2 atom stereocenters. The van der Waals surface area contributed by atoms with Crippen LogP contribution in [0.3, 0.4) is 0 Å². The maximum Gasteiger partial charge on any atom is 0.305 e. The summed E-state index contributed by atoms with van der Waals surface area (Å²) in [5, 5.41) is 23.2. The Hall–Kier alpha value is -1.40. The highest BCUT2D eigenvalue weighted by Crippen LogP contribution is 2.21. The highest BCUT2D eigenvalue weighted by atomic mass is 16.5. The molecule has 0 saturated heterocycles. The van der Waals surface area contributed by atoms with Crippen molar-refractivity contribution >= 4 is 11.9 Å². The van der Waals surface area contributed by atoms with E-state index in [9.17, 15) is 19.8 Å². The highest BCUT2D eigenvalue weighted by molar-refractivity contribution is 5.76. The van der Waals surface area contributed by atoms with E-state index in [-0.39, 0.29) is 18.5 Å². The summed E-state index contributed by atoms with van der Waals surface area (Å²) in [4.78, 5) is 24.7. The molecule has 0 aliphatic rings. The maximum absolute atomic E-state index is 12.5. The predicted molar refractivity (Wildman–Crippen MR) is 403 cm³/mol. The van der Waals surface area contributed by atoms with E-state index in [4.69, 9.17) is 4.74 Å². The van der Waals surface area contributed by atoms with Gasteiger partial charge in [-0.05, 0) is 32.1 Å². The van der Waals surface area contributed by atoms with Crippen LogP contribution in [0.5, 0.6) is 0 Å². The molecule has 0 fully saturated rings. The number of aliphatic hydroxyl groups excluding tert-OH is 2. The van der Waals surface area contributed by atoms with Gasteiger partial charge in [0, 0.05) is 12.8 Å². The van der Waals surface area contributed by atoms with Crippen molar-refractivity contribution < 1.29 is 24.5 Å². The molecule has 0 saturated carbocycles. The van der Waals surface area contributed by atoms with Crippen molar-refractivity contribution in [3.63, 3.8) is 0 Å². The number of unbranched alkanes of at least 4 members (excludes halogenated alkanes) is 70. The second-order valence-electron chi connectivity index (χ2n) is 29.5. The first-order chi connectivity index (χ1) is 45.0. The number of ether oxygens (including phenoxy) is 1. The Balaban J connectivity index is 3.29. The summed E-state index contributed by atoms with van der Waals surface area (Å²) in [5.41, 5.74) is 0. The van der Waals surface area contributed by atoms with Crippen LogP contribution >= 0.6 is 0 Å². The Morgan fingerprint density at radius 3 is 0.747 bits per heavy atom. The topological polar surface area (TPSA) is 95.9 Å². The molecule has 542 valence electrons. The van der Waals surface area contributed by atoms with Gasteiger partial charge in [-0.3, -0.25) is 9.59 Å². The summed E-state index contributed by atoms with van der Waals surface area (Å²) in [7, 11) is 0. The summed E-state index contributed by atoms with van der Waals surface area (Å²) >= 11 is 0. The number of carbonyl (C=O) groups excluding carboxylic acids is 2. The van der Waals surface area contributed by atoms with Gasteiger partial charge in [0.2, 0.25) is 5.91 Å². The summed E-state index contributed by atoms with van der Waals surface area (Å²) < 4.78 is 5.52. The molecule has 0 aliphatic carbocycles. The van der Waals surface area contributed by atoms with Crippen LogP contribution < -0.4 is 5.32 Å². The zero-order chi connectivity index (χ0) is 65.6. The maximum atomic E-state index is 12.5. The fourth-order valence-electron chi connectivity index (χ4n) is 13.9. The van der Waals surface area contributed by atoms with Gasteiger partial charge in [0.15, 0.2) is 0 Å². The van der Waals surface area contributed by atoms with Gasteiger partial charge in [0.1, 0.15) is 0 Å². The Kier molecular flexibility index (Phi) is 79.8. The number of esters is 1. The summed E-state index contributed by atoms with van der Waals surface area (Å²) in [5.74, 6) is -0.0278. The average Bonchev–Trinajstić information content (AvgIpc) is 3.64. The van der Waals surface area contributed by atoms with Crippen LogP contribution in [0.15, 0.2) is 12.2 Å². The summed E-state index contributed by atoms with van der Waals surface area (Å²) in [6, 6.07) is -0.623. The van der Waals surface area contributed by atoms with E-state index >= 15 is 0 Å². The molecule has 0 aromatic heterocycles. The van der Waals surface area contributed by atoms with Gasteiger partial charge >= 0.3 is 5.97 Å². The molecule has 2 unspecified atom stereocenters. The highest BCUT2D eigenvalue weighted by Gasteiger charge is 2.18. The van der Waals surface area contributed by atoms with Crippen molar-refractivity contribution in [3.05, 3.63) is 12.2 Å². The average molecular weight is 1280 g/mol. The first-order valence-electron chi connectivity index (χ1n) is 42.5. The van der Waals surface area contributed by atoms with Gasteiger partial charge in [-0.1, -0.05) is 463 Å². The van der Waals surface area contributed by atoms with Crippen molar-refractivity contribution in [2.45, 2.75) is 508 Å². The van der Waals surface area contributed by atoms with E-state index < -0.39 is 12.1 Å². The number of rotatable bonds is 81. The minimum Gasteiger partial charge on any atom is -0.466 e. The van der Waals surface area contributed by atoms with Crippen molar-refractivity contribution in [1.29, 1.82) is 0 Å². The zero-order valence-corrected chi connectivity index (χ0v) is 62.4. The molecule has 0 bridgehead atoms. The minimum atomic E-state index is -0.840. The molecular weight excluding hydrogens is 1110 g/mol. The fourth-order valence-corrected chi connectivity index (χ4v) is 13.9. The minimum absolute atomic E-state index is 0.0296. The van der Waals surface area contributed by atoms with Gasteiger partial charge in [-0.15, -0.1) is 0 Å². The quantitative estimate of drug-likeness (QED) is 0.0320. The van der Waals surface area contributed by atoms with Crippen LogP contribution in [-0.2, 0) is 14.3 Å². The largest absolute Gasteiger partial charge is 0.466 e. The first-order valence-corrected chi connectivity index (χ1v) is 42.5. The Morgan fingerprint density at radius 1 is 0.297 bits per heavy atom. The molecule has 0 rings (SSSR count). The SMILES string of the molecule is CCCCCCCCCCCCCCCCC/C=C/C(O)C(CO)NC(=O)CCCCCCCCCCCCCCCCCCCCCCCCCCCCCCCCCCCCCCCCCOC(=O)CCCCCCCCCCCCCCCCCCCC. The number of amides is 1. The van der Waals surface area contributed by atoms with Gasteiger partial charge in [-0.25, -0.2) is 0 Å². The van der Waals surface area contributed by atoms with E-state index in [1.165, 1.54) is 430 Å². The molecule has 0 heterocycles. The first kappa shape index (κ1) is 89.6. The Labute approximate surface area is 571 Å². The third kappa shape index (κ3) is 77.5. The molecule has 0 aromatic rings. The lowest BCUT2D eigenvalue weighted by Crippen LogP contribution is -2.45. The molecule has 91 heavy (non-hydrogen) atoms. The molecule has 6 nitrogen and oxygen atoms in total. The van der Waals surface area contributed by atoms with Crippen LogP contribution in [0, 0.1) is 0 Å². The molecule has 3 N–H and O–H groups in total. The fraction of sp³-hybridized carbons (Fsp3) is 0.953. The summed E-state index contributed by atoms with van der Waals surface area (Å²) in [6.07, 6.45) is 104. The number of nitrogens with one attached hydrogen (secondary N) is 1. The van der Waals surface area contributed by atoms with Gasteiger partial charge < -0.3 is 20.3 Å². The lowest BCUT2D eigenvalue weighted by molar-refractivity contribution is -0.143. The van der Waals surface area contributed by atoms with Gasteiger partial charge in [0.25, 0.3) is 0 Å². The van der Waals surface area contributed by atoms with Crippen LogP contribution in [0.25, 0.3) is 0 Å². The number of hydrogen-bond acceptors (Lipinski definition) is 5. The van der Waals surface area contributed by atoms with Crippen LogP contribution in [0.4, 0.5) is 0 Å². The predicted octanol–water partition coefficient (Wildman–Crippen LogP) is 28.2. The molecule has 0 aliphatic heterocycles. The van der Waals surface area contributed by atoms with E-state index in [0.717, 1.165) is 38.5 Å². The standard InChI is InChI=1S/C85H167NO5/c1-3-5-7-9-11-13-15-17-19-21-47-51-55-59-63-67-71-75-79-85(90)91-80-76-72-68-64-60-56-52-48-44-42-40-38-36-34-32-30-28-26-24-22-23-25-27-29-31-33-35-37-39-41-43-46-50-54-58-62-66-70-74-78-84(89)86-82(81-87)83(88)77-73-69-65-61-57-53-49-45-20-18-16-14-12-10-8-6-4-2/h73,77,82-83,87-88H,3-72,74-76,78-81H2,1-2H3,(H,86,89)/b77-73+. The monoisotopic (exact) mass is 1280 g/mol. The molecular formula is C85H167NO5. The number of hydrogen-bond donors (Lipinski definition) is 3. The van der Waals surface area contributed by atoms with E-state index in [0.29, 0.717) is 19.4 Å². The second-order valence-corrected chi connectivity index (χ2v) is 29.5. The number of aliphatic hydroxyl groups is 2. The number of allylic oxidation sites excluding steroid dienone is 1. The number of carbonyl (C=O) groups is 2. The molecule has 0 radical (unpaired) electrons.